The second-order valence-electron chi connectivity index (χ2n) is 5.06. The second-order valence-corrected chi connectivity index (χ2v) is 5.06. The minimum absolute atomic E-state index is 0.439. The molecule has 0 radical (unpaired) electrons. The summed E-state index contributed by atoms with van der Waals surface area (Å²) < 4.78 is 6.62. The molecule has 1 aromatic heterocycles. The van der Waals surface area contributed by atoms with Gasteiger partial charge in [-0.1, -0.05) is 6.42 Å². The standard InChI is InChI=1S/C13H17NO2/c1-9-5-6-14(15)11(7-9)8-10-3-2-4-12-13(10)16-12/h5-7,10,12-13H,2-4,8H2,1H3/t10-,12-,13+/m0/s1. The normalized spacial score (nSPS) is 32.2. The third-order valence-electron chi connectivity index (χ3n) is 3.77. The summed E-state index contributed by atoms with van der Waals surface area (Å²) in [5.74, 6) is 0.556. The molecule has 0 bridgehead atoms. The van der Waals surface area contributed by atoms with Gasteiger partial charge in [-0.05, 0) is 31.2 Å². The van der Waals surface area contributed by atoms with Gasteiger partial charge in [0.15, 0.2) is 11.9 Å². The maximum absolute atomic E-state index is 11.6. The van der Waals surface area contributed by atoms with Crippen LogP contribution >= 0.6 is 0 Å². The van der Waals surface area contributed by atoms with Crippen molar-refractivity contribution in [2.75, 3.05) is 0 Å². The molecule has 3 nitrogen and oxygen atoms in total. The zero-order chi connectivity index (χ0) is 11.1. The Morgan fingerprint density at radius 3 is 3.25 bits per heavy atom. The van der Waals surface area contributed by atoms with Gasteiger partial charge in [-0.25, -0.2) is 0 Å². The molecule has 2 aliphatic rings. The summed E-state index contributed by atoms with van der Waals surface area (Å²) in [5, 5.41) is 11.6. The van der Waals surface area contributed by atoms with Crippen LogP contribution in [0.15, 0.2) is 18.3 Å². The Hall–Kier alpha value is -1.09. The molecule has 0 N–H and O–H groups in total. The van der Waals surface area contributed by atoms with Crippen LogP contribution in [0.25, 0.3) is 0 Å². The van der Waals surface area contributed by atoms with Gasteiger partial charge in [-0.2, -0.15) is 4.73 Å². The van der Waals surface area contributed by atoms with E-state index >= 15 is 0 Å². The first-order valence-corrected chi connectivity index (χ1v) is 6.08. The second kappa shape index (κ2) is 3.74. The van der Waals surface area contributed by atoms with E-state index in [9.17, 15) is 5.21 Å². The van der Waals surface area contributed by atoms with Crippen molar-refractivity contribution >= 4 is 0 Å². The SMILES string of the molecule is Cc1cc[n+]([O-])c(C[C@@H]2CCC[C@@H]3O[C@H]23)c1. The Balaban J connectivity index is 1.75. The lowest BCUT2D eigenvalue weighted by molar-refractivity contribution is -0.614. The number of aromatic nitrogens is 1. The molecule has 1 aromatic rings. The van der Waals surface area contributed by atoms with Gasteiger partial charge < -0.3 is 9.94 Å². The largest absolute Gasteiger partial charge is 0.619 e. The molecular weight excluding hydrogens is 202 g/mol. The predicted molar refractivity (Wildman–Crippen MR) is 59.8 cm³/mol. The number of aryl methyl sites for hydroxylation is 1. The third-order valence-corrected chi connectivity index (χ3v) is 3.77. The first-order valence-electron chi connectivity index (χ1n) is 6.08. The topological polar surface area (TPSA) is 39.5 Å². The van der Waals surface area contributed by atoms with E-state index in [4.69, 9.17) is 4.74 Å². The minimum atomic E-state index is 0.439. The summed E-state index contributed by atoms with van der Waals surface area (Å²) in [6.45, 7) is 2.03. The zero-order valence-electron chi connectivity index (χ0n) is 9.56. The van der Waals surface area contributed by atoms with E-state index in [1.54, 1.807) is 6.20 Å². The van der Waals surface area contributed by atoms with Gasteiger partial charge in [0.05, 0.1) is 12.2 Å². The van der Waals surface area contributed by atoms with E-state index in [0.29, 0.717) is 18.1 Å². The van der Waals surface area contributed by atoms with Crippen LogP contribution in [0.2, 0.25) is 0 Å². The highest BCUT2D eigenvalue weighted by Gasteiger charge is 2.47. The molecule has 3 heteroatoms. The fraction of sp³-hybridized carbons (Fsp3) is 0.615. The van der Waals surface area contributed by atoms with E-state index in [0.717, 1.165) is 22.4 Å². The molecule has 16 heavy (non-hydrogen) atoms. The van der Waals surface area contributed by atoms with Crippen molar-refractivity contribution in [1.82, 2.24) is 0 Å². The number of epoxide rings is 1. The molecule has 3 rings (SSSR count). The molecule has 2 heterocycles. The summed E-state index contributed by atoms with van der Waals surface area (Å²) >= 11 is 0. The summed E-state index contributed by atoms with van der Waals surface area (Å²) in [7, 11) is 0. The number of ether oxygens (including phenoxy) is 1. The lowest BCUT2D eigenvalue weighted by atomic mass is 9.86. The van der Waals surface area contributed by atoms with Crippen LogP contribution < -0.4 is 4.73 Å². The van der Waals surface area contributed by atoms with Gasteiger partial charge in [0.1, 0.15) is 0 Å². The first-order chi connectivity index (χ1) is 7.74. The highest BCUT2D eigenvalue weighted by Crippen LogP contribution is 2.41. The van der Waals surface area contributed by atoms with Crippen LogP contribution in [-0.2, 0) is 11.2 Å². The number of fused-ring (bicyclic) bond motifs is 1. The summed E-state index contributed by atoms with van der Waals surface area (Å²) in [4.78, 5) is 0. The van der Waals surface area contributed by atoms with Crippen molar-refractivity contribution in [2.24, 2.45) is 5.92 Å². The van der Waals surface area contributed by atoms with Crippen LogP contribution in [0, 0.1) is 18.0 Å². The molecule has 0 amide bonds. The average molecular weight is 219 g/mol. The van der Waals surface area contributed by atoms with E-state index in [-0.39, 0.29) is 0 Å². The van der Waals surface area contributed by atoms with Crippen LogP contribution in [0.3, 0.4) is 0 Å². The molecule has 1 saturated carbocycles. The highest BCUT2D eigenvalue weighted by molar-refractivity contribution is 5.12. The Bertz CT molecular complexity index is 405. The van der Waals surface area contributed by atoms with Crippen molar-refractivity contribution in [3.05, 3.63) is 34.8 Å². The van der Waals surface area contributed by atoms with Gasteiger partial charge in [0, 0.05) is 18.6 Å². The number of nitrogens with zero attached hydrogens (tertiary/aromatic N) is 1. The predicted octanol–water partition coefficient (Wildman–Crippen LogP) is 1.74. The van der Waals surface area contributed by atoms with Crippen LogP contribution in [-0.4, -0.2) is 12.2 Å². The van der Waals surface area contributed by atoms with Crippen LogP contribution in [0.5, 0.6) is 0 Å². The number of hydrogen-bond donors (Lipinski definition) is 0. The molecule has 0 aromatic carbocycles. The Labute approximate surface area is 95.6 Å². The van der Waals surface area contributed by atoms with Crippen molar-refractivity contribution < 1.29 is 9.47 Å². The molecule has 1 aliphatic heterocycles. The Kier molecular flexibility index (Phi) is 2.36. The Morgan fingerprint density at radius 1 is 1.50 bits per heavy atom. The average Bonchev–Trinajstić information content (AvgIpc) is 3.03. The molecule has 86 valence electrons. The lowest BCUT2D eigenvalue weighted by Crippen LogP contribution is -2.34. The highest BCUT2D eigenvalue weighted by atomic mass is 16.6. The number of hydrogen-bond acceptors (Lipinski definition) is 2. The summed E-state index contributed by atoms with van der Waals surface area (Å²) in [5.41, 5.74) is 2.05. The van der Waals surface area contributed by atoms with Gasteiger partial charge >= 0.3 is 0 Å². The van der Waals surface area contributed by atoms with Gasteiger partial charge in [-0.15, -0.1) is 0 Å². The minimum Gasteiger partial charge on any atom is -0.619 e. The molecule has 0 unspecified atom stereocenters. The molecular formula is C13H17NO2. The smallest absolute Gasteiger partial charge is 0.193 e. The van der Waals surface area contributed by atoms with Crippen LogP contribution in [0.4, 0.5) is 0 Å². The molecule has 1 saturated heterocycles. The van der Waals surface area contributed by atoms with E-state index in [1.807, 2.05) is 19.1 Å². The molecule has 0 spiro atoms. The molecule has 1 aliphatic carbocycles. The fourth-order valence-electron chi connectivity index (χ4n) is 2.84. The summed E-state index contributed by atoms with van der Waals surface area (Å²) in [6, 6.07) is 3.85. The van der Waals surface area contributed by atoms with Crippen molar-refractivity contribution in [3.63, 3.8) is 0 Å². The number of rotatable bonds is 2. The van der Waals surface area contributed by atoms with Crippen molar-refractivity contribution in [1.29, 1.82) is 0 Å². The van der Waals surface area contributed by atoms with Gasteiger partial charge in [0.2, 0.25) is 0 Å². The molecule has 2 fully saturated rings. The molecule has 3 atom stereocenters. The quantitative estimate of drug-likeness (QED) is 0.432. The van der Waals surface area contributed by atoms with Crippen molar-refractivity contribution in [2.45, 2.75) is 44.8 Å². The monoisotopic (exact) mass is 219 g/mol. The summed E-state index contributed by atoms with van der Waals surface area (Å²) in [6.07, 6.45) is 7.08. The Morgan fingerprint density at radius 2 is 2.38 bits per heavy atom. The van der Waals surface area contributed by atoms with E-state index in [2.05, 4.69) is 0 Å². The van der Waals surface area contributed by atoms with Crippen molar-refractivity contribution in [3.8, 4) is 0 Å². The maximum atomic E-state index is 11.6. The zero-order valence-corrected chi connectivity index (χ0v) is 9.56. The third kappa shape index (κ3) is 1.80. The lowest BCUT2D eigenvalue weighted by Gasteiger charge is -2.17. The first kappa shape index (κ1) is 10.1. The van der Waals surface area contributed by atoms with Gasteiger partial charge in [-0.3, -0.25) is 0 Å². The maximum Gasteiger partial charge on any atom is 0.193 e. The van der Waals surface area contributed by atoms with E-state index in [1.165, 1.54) is 19.3 Å². The number of pyridine rings is 1. The van der Waals surface area contributed by atoms with Gasteiger partial charge in [0.25, 0.3) is 0 Å². The van der Waals surface area contributed by atoms with Crippen LogP contribution in [0.1, 0.15) is 30.5 Å². The van der Waals surface area contributed by atoms with E-state index < -0.39 is 0 Å². The fourth-order valence-corrected chi connectivity index (χ4v) is 2.84.